The topological polar surface area (TPSA) is 116 Å². The van der Waals surface area contributed by atoms with Crippen molar-refractivity contribution in [2.45, 2.75) is 39.2 Å². The van der Waals surface area contributed by atoms with E-state index in [1.165, 1.54) is 6.20 Å². The molecule has 0 atom stereocenters. The molecule has 0 aliphatic rings. The molecular weight excluding hydrogens is 436 g/mol. The monoisotopic (exact) mass is 466 g/mol. The minimum absolute atomic E-state index is 0.0861. The highest BCUT2D eigenvalue weighted by atomic mass is 16.6. The quantitative estimate of drug-likeness (QED) is 0.196. The number of fused-ring (bicyclic) bond motifs is 1. The second kappa shape index (κ2) is 13.0. The first-order chi connectivity index (χ1) is 16.6. The zero-order chi connectivity index (χ0) is 24.2. The molecule has 9 nitrogen and oxygen atoms in total. The van der Waals surface area contributed by atoms with Crippen LogP contribution in [0.1, 0.15) is 38.2 Å². The van der Waals surface area contributed by atoms with Crippen LogP contribution in [0.25, 0.3) is 10.9 Å². The molecule has 1 heterocycles. The van der Waals surface area contributed by atoms with Gasteiger partial charge in [0, 0.05) is 24.5 Å². The normalized spacial score (nSPS) is 10.6. The number of alkyl carbamates (subject to hydrolysis) is 1. The van der Waals surface area contributed by atoms with Gasteiger partial charge in [0.05, 0.1) is 17.0 Å². The van der Waals surface area contributed by atoms with Gasteiger partial charge in [0.1, 0.15) is 24.2 Å². The van der Waals surface area contributed by atoms with Crippen molar-refractivity contribution in [2.24, 2.45) is 0 Å². The summed E-state index contributed by atoms with van der Waals surface area (Å²) in [5, 5.41) is 18.1. The van der Waals surface area contributed by atoms with Crippen LogP contribution in [0.4, 0.5) is 16.2 Å². The van der Waals surface area contributed by atoms with Crippen molar-refractivity contribution in [3.8, 4) is 5.75 Å². The highest BCUT2D eigenvalue weighted by Gasteiger charge is 2.18. The number of unbranched alkanes of at least 4 members (excludes halogenated alkanes) is 2. The summed E-state index contributed by atoms with van der Waals surface area (Å²) in [6.07, 6.45) is 4.09. The lowest BCUT2D eigenvalue weighted by atomic mass is 10.1. The molecule has 9 heteroatoms. The Labute approximate surface area is 198 Å². The van der Waals surface area contributed by atoms with Gasteiger partial charge in [0.25, 0.3) is 0 Å². The van der Waals surface area contributed by atoms with Crippen molar-refractivity contribution in [3.63, 3.8) is 0 Å². The van der Waals surface area contributed by atoms with Crippen molar-refractivity contribution < 1.29 is 19.2 Å². The second-order valence-corrected chi connectivity index (χ2v) is 7.78. The van der Waals surface area contributed by atoms with Crippen LogP contribution in [0, 0.1) is 10.1 Å². The van der Waals surface area contributed by atoms with Crippen LogP contribution in [0.2, 0.25) is 0 Å². The predicted octanol–water partition coefficient (Wildman–Crippen LogP) is 5.44. The minimum Gasteiger partial charge on any atom is -0.489 e. The van der Waals surface area contributed by atoms with Gasteiger partial charge in [-0.3, -0.25) is 10.1 Å². The van der Waals surface area contributed by atoms with Crippen molar-refractivity contribution in [2.75, 3.05) is 25.0 Å². The smallest absolute Gasteiger partial charge is 0.407 e. The summed E-state index contributed by atoms with van der Waals surface area (Å²) in [6, 6.07) is 15.2. The van der Waals surface area contributed by atoms with Crippen LogP contribution in [0.3, 0.4) is 0 Å². The first kappa shape index (κ1) is 24.8. The Morgan fingerprint density at radius 3 is 2.68 bits per heavy atom. The summed E-state index contributed by atoms with van der Waals surface area (Å²) in [5.74, 6) is 0.637. The third kappa shape index (κ3) is 7.33. The van der Waals surface area contributed by atoms with E-state index in [0.717, 1.165) is 18.4 Å². The molecule has 180 valence electrons. The fraction of sp³-hybridized carbons (Fsp3) is 0.360. The maximum atomic E-state index is 11.6. The molecule has 34 heavy (non-hydrogen) atoms. The van der Waals surface area contributed by atoms with Crippen LogP contribution < -0.4 is 15.4 Å². The van der Waals surface area contributed by atoms with E-state index in [1.807, 2.05) is 30.3 Å². The largest absolute Gasteiger partial charge is 0.489 e. The molecule has 0 aliphatic heterocycles. The van der Waals surface area contributed by atoms with Gasteiger partial charge >= 0.3 is 11.8 Å². The molecule has 0 radical (unpaired) electrons. The number of benzene rings is 2. The summed E-state index contributed by atoms with van der Waals surface area (Å²) < 4.78 is 11.0. The summed E-state index contributed by atoms with van der Waals surface area (Å²) in [4.78, 5) is 26.9. The molecule has 2 N–H and O–H groups in total. The standard InChI is InChI=1S/C25H30N4O5/c1-2-3-13-27-25(30)33-15-8-7-14-26-24-21-12-11-20(34-18-19-9-5-4-6-10-19)16-22(21)28-17-23(24)29(31)32/h4-6,9-12,16-17H,2-3,7-8,13-15,18H2,1H3,(H,26,28)(H,27,30). The van der Waals surface area contributed by atoms with E-state index < -0.39 is 11.0 Å². The molecule has 0 saturated carbocycles. The van der Waals surface area contributed by atoms with Gasteiger partial charge in [0.2, 0.25) is 0 Å². The van der Waals surface area contributed by atoms with Gasteiger partial charge in [-0.15, -0.1) is 0 Å². The van der Waals surface area contributed by atoms with Crippen molar-refractivity contribution in [3.05, 3.63) is 70.4 Å². The number of aromatic nitrogens is 1. The molecule has 0 fully saturated rings. The molecule has 3 rings (SSSR count). The summed E-state index contributed by atoms with van der Waals surface area (Å²) >= 11 is 0. The maximum absolute atomic E-state index is 11.6. The second-order valence-electron chi connectivity index (χ2n) is 7.78. The summed E-state index contributed by atoms with van der Waals surface area (Å²) in [5.41, 5.74) is 1.98. The van der Waals surface area contributed by atoms with Crippen molar-refractivity contribution >= 4 is 28.4 Å². The predicted molar refractivity (Wildman–Crippen MR) is 131 cm³/mol. The Bertz CT molecular complexity index is 1090. The number of hydrogen-bond acceptors (Lipinski definition) is 7. The zero-order valence-electron chi connectivity index (χ0n) is 19.3. The third-order valence-electron chi connectivity index (χ3n) is 5.17. The maximum Gasteiger partial charge on any atom is 0.407 e. The fourth-order valence-corrected chi connectivity index (χ4v) is 3.34. The Balaban J connectivity index is 1.57. The van der Waals surface area contributed by atoms with E-state index in [0.29, 0.717) is 61.5 Å². The van der Waals surface area contributed by atoms with E-state index in [4.69, 9.17) is 9.47 Å². The van der Waals surface area contributed by atoms with E-state index in [-0.39, 0.29) is 5.69 Å². The molecule has 1 amide bonds. The van der Waals surface area contributed by atoms with Crippen LogP contribution in [-0.4, -0.2) is 35.7 Å². The van der Waals surface area contributed by atoms with Gasteiger partial charge < -0.3 is 20.1 Å². The molecule has 0 aliphatic carbocycles. The highest BCUT2D eigenvalue weighted by Crippen LogP contribution is 2.33. The Hall–Kier alpha value is -3.88. The SMILES string of the molecule is CCCCNC(=O)OCCCCNc1c([N+](=O)[O-])cnc2cc(OCc3ccccc3)ccc12. The number of amides is 1. The number of carbonyl (C=O) groups excluding carboxylic acids is 1. The van der Waals surface area contributed by atoms with E-state index in [9.17, 15) is 14.9 Å². The van der Waals surface area contributed by atoms with Crippen LogP contribution in [0.15, 0.2) is 54.7 Å². The number of nitrogens with one attached hydrogen (secondary N) is 2. The first-order valence-corrected chi connectivity index (χ1v) is 11.5. The first-order valence-electron chi connectivity index (χ1n) is 11.5. The third-order valence-corrected chi connectivity index (χ3v) is 5.17. The number of hydrogen-bond donors (Lipinski definition) is 2. The van der Waals surface area contributed by atoms with Gasteiger partial charge in [-0.25, -0.2) is 9.78 Å². The van der Waals surface area contributed by atoms with Crippen molar-refractivity contribution in [1.82, 2.24) is 10.3 Å². The molecule has 1 aromatic heterocycles. The number of nitrogens with zero attached hydrogens (tertiary/aromatic N) is 2. The molecule has 0 unspecified atom stereocenters. The number of carbonyl (C=O) groups is 1. The molecule has 0 spiro atoms. The minimum atomic E-state index is -0.446. The molecular formula is C25H30N4O5. The Morgan fingerprint density at radius 2 is 1.91 bits per heavy atom. The van der Waals surface area contributed by atoms with Gasteiger partial charge in [-0.2, -0.15) is 0 Å². The lowest BCUT2D eigenvalue weighted by molar-refractivity contribution is -0.384. The summed E-state index contributed by atoms with van der Waals surface area (Å²) in [6.45, 7) is 3.86. The molecule has 3 aromatic rings. The Morgan fingerprint density at radius 1 is 1.09 bits per heavy atom. The van der Waals surface area contributed by atoms with Gasteiger partial charge in [-0.1, -0.05) is 43.7 Å². The molecule has 0 bridgehead atoms. The van der Waals surface area contributed by atoms with Gasteiger partial charge in [0.15, 0.2) is 0 Å². The number of anilines is 1. The Kier molecular flexibility index (Phi) is 9.45. The van der Waals surface area contributed by atoms with Crippen molar-refractivity contribution in [1.29, 1.82) is 0 Å². The van der Waals surface area contributed by atoms with E-state index >= 15 is 0 Å². The summed E-state index contributed by atoms with van der Waals surface area (Å²) in [7, 11) is 0. The molecule has 2 aromatic carbocycles. The lowest BCUT2D eigenvalue weighted by Gasteiger charge is -2.12. The fourth-order valence-electron chi connectivity index (χ4n) is 3.34. The van der Waals surface area contributed by atoms with E-state index in [2.05, 4.69) is 22.5 Å². The van der Waals surface area contributed by atoms with Crippen LogP contribution in [-0.2, 0) is 11.3 Å². The number of nitro groups is 1. The van der Waals surface area contributed by atoms with E-state index in [1.54, 1.807) is 18.2 Å². The number of rotatable bonds is 13. The highest BCUT2D eigenvalue weighted by molar-refractivity contribution is 5.96. The number of ether oxygens (including phenoxy) is 2. The average Bonchev–Trinajstić information content (AvgIpc) is 2.85. The van der Waals surface area contributed by atoms with Crippen LogP contribution >= 0.6 is 0 Å². The molecule has 0 saturated heterocycles. The number of pyridine rings is 1. The van der Waals surface area contributed by atoms with Gasteiger partial charge in [-0.05, 0) is 37.0 Å². The zero-order valence-corrected chi connectivity index (χ0v) is 19.3. The van der Waals surface area contributed by atoms with Crippen LogP contribution in [0.5, 0.6) is 5.75 Å². The lowest BCUT2D eigenvalue weighted by Crippen LogP contribution is -2.25. The average molecular weight is 467 g/mol.